The number of nitrogens with zero attached hydrogens (tertiary/aromatic N) is 5. The van der Waals surface area contributed by atoms with Crippen LogP contribution in [0.25, 0.3) is 5.78 Å². The molecular weight excluding hydrogens is 318 g/mol. The summed E-state index contributed by atoms with van der Waals surface area (Å²) in [5.41, 5.74) is 1.50. The van der Waals surface area contributed by atoms with Crippen LogP contribution in [0.2, 0.25) is 5.15 Å². The van der Waals surface area contributed by atoms with E-state index in [1.807, 2.05) is 24.5 Å². The zero-order valence-corrected chi connectivity index (χ0v) is 13.6. The molecule has 0 amide bonds. The van der Waals surface area contributed by atoms with Crippen molar-refractivity contribution in [2.45, 2.75) is 26.8 Å². The summed E-state index contributed by atoms with van der Waals surface area (Å²) in [4.78, 5) is 20.5. The highest BCUT2D eigenvalue weighted by Gasteiger charge is 2.13. The van der Waals surface area contributed by atoms with E-state index in [1.165, 1.54) is 10.6 Å². The second-order valence-electron chi connectivity index (χ2n) is 5.15. The van der Waals surface area contributed by atoms with Crippen molar-refractivity contribution in [3.05, 3.63) is 51.2 Å². The van der Waals surface area contributed by atoms with Crippen molar-refractivity contribution in [1.29, 1.82) is 0 Å². The second kappa shape index (κ2) is 6.37. The number of rotatable bonds is 5. The van der Waals surface area contributed by atoms with Gasteiger partial charge in [0.2, 0.25) is 5.78 Å². The average molecular weight is 334 g/mol. The fraction of sp³-hybridized carbons (Fsp3) is 0.333. The number of halogens is 1. The van der Waals surface area contributed by atoms with E-state index in [4.69, 9.17) is 16.3 Å². The maximum atomic E-state index is 12.1. The maximum Gasteiger partial charge on any atom is 0.337 e. The van der Waals surface area contributed by atoms with Gasteiger partial charge in [-0.3, -0.25) is 4.79 Å². The van der Waals surface area contributed by atoms with Gasteiger partial charge in [0.25, 0.3) is 5.56 Å². The van der Waals surface area contributed by atoms with Crippen LogP contribution in [0.4, 0.5) is 0 Å². The van der Waals surface area contributed by atoms with Gasteiger partial charge in [0.05, 0.1) is 13.2 Å². The summed E-state index contributed by atoms with van der Waals surface area (Å²) in [6.45, 7) is 4.86. The van der Waals surface area contributed by atoms with Gasteiger partial charge in [0.15, 0.2) is 0 Å². The van der Waals surface area contributed by atoms with E-state index in [0.29, 0.717) is 24.1 Å². The van der Waals surface area contributed by atoms with Crippen LogP contribution in [0.3, 0.4) is 0 Å². The molecule has 8 heteroatoms. The number of aromatic nitrogens is 5. The molecule has 3 rings (SSSR count). The van der Waals surface area contributed by atoms with E-state index in [0.717, 1.165) is 17.7 Å². The number of hydrogen-bond acceptors (Lipinski definition) is 5. The van der Waals surface area contributed by atoms with Crippen LogP contribution in [-0.4, -0.2) is 30.8 Å². The third-order valence-corrected chi connectivity index (χ3v) is 3.57. The number of hydrogen-bond donors (Lipinski definition) is 0. The van der Waals surface area contributed by atoms with Gasteiger partial charge >= 0.3 is 6.01 Å². The Morgan fingerprint density at radius 1 is 1.35 bits per heavy atom. The lowest BCUT2D eigenvalue weighted by molar-refractivity contribution is 0.292. The minimum atomic E-state index is -0.234. The van der Waals surface area contributed by atoms with E-state index in [2.05, 4.69) is 15.1 Å². The topological polar surface area (TPSA) is 74.3 Å². The summed E-state index contributed by atoms with van der Waals surface area (Å²) in [6.07, 6.45) is 2.54. The Balaban J connectivity index is 2.05. The van der Waals surface area contributed by atoms with Crippen molar-refractivity contribution in [2.24, 2.45) is 0 Å². The maximum absolute atomic E-state index is 12.1. The largest absolute Gasteiger partial charge is 0.462 e. The third kappa shape index (κ3) is 3.19. The lowest BCUT2D eigenvalue weighted by Gasteiger charge is -2.11. The molecule has 7 nitrogen and oxygen atoms in total. The first-order valence-corrected chi connectivity index (χ1v) is 7.66. The summed E-state index contributed by atoms with van der Waals surface area (Å²) in [7, 11) is 0. The van der Waals surface area contributed by atoms with E-state index < -0.39 is 0 Å². The van der Waals surface area contributed by atoms with Gasteiger partial charge in [-0.15, -0.1) is 5.10 Å². The fourth-order valence-corrected chi connectivity index (χ4v) is 2.33. The van der Waals surface area contributed by atoms with Gasteiger partial charge in [0.1, 0.15) is 5.15 Å². The Morgan fingerprint density at radius 3 is 2.87 bits per heavy atom. The lowest BCUT2D eigenvalue weighted by atomic mass is 10.3. The zero-order valence-electron chi connectivity index (χ0n) is 12.9. The molecule has 0 spiro atoms. The van der Waals surface area contributed by atoms with Crippen LogP contribution in [-0.2, 0) is 6.54 Å². The standard InChI is InChI=1S/C15H16ClN5O2/c1-3-6-23-14-18-15-20(9-11-4-5-12(16)17-8-11)10(2)7-13(22)21(15)19-14/h4-5,7-8H,3,6,9H2,1-2H3. The van der Waals surface area contributed by atoms with Crippen LogP contribution in [0.15, 0.2) is 29.2 Å². The number of aryl methyl sites for hydroxylation is 1. The summed E-state index contributed by atoms with van der Waals surface area (Å²) in [6, 6.07) is 5.34. The third-order valence-electron chi connectivity index (χ3n) is 3.34. The first kappa shape index (κ1) is 15.5. The molecule has 0 aliphatic heterocycles. The molecule has 0 aliphatic carbocycles. The van der Waals surface area contributed by atoms with Gasteiger partial charge < -0.3 is 9.30 Å². The summed E-state index contributed by atoms with van der Waals surface area (Å²) in [5, 5.41) is 4.56. The smallest absolute Gasteiger partial charge is 0.337 e. The normalized spacial score (nSPS) is 11.1. The van der Waals surface area contributed by atoms with Crippen molar-refractivity contribution in [2.75, 3.05) is 6.61 Å². The van der Waals surface area contributed by atoms with Crippen molar-refractivity contribution >= 4 is 17.4 Å². The minimum Gasteiger partial charge on any atom is -0.462 e. The highest BCUT2D eigenvalue weighted by molar-refractivity contribution is 6.29. The second-order valence-corrected chi connectivity index (χ2v) is 5.54. The van der Waals surface area contributed by atoms with Crippen LogP contribution >= 0.6 is 11.6 Å². The predicted molar refractivity (Wildman–Crippen MR) is 86.1 cm³/mol. The van der Waals surface area contributed by atoms with Crippen molar-refractivity contribution in [3.8, 4) is 6.01 Å². The Morgan fingerprint density at radius 2 is 2.17 bits per heavy atom. The van der Waals surface area contributed by atoms with E-state index in [9.17, 15) is 4.79 Å². The molecule has 0 bridgehead atoms. The van der Waals surface area contributed by atoms with Gasteiger partial charge in [-0.25, -0.2) is 4.98 Å². The Labute approximate surface area is 137 Å². The monoisotopic (exact) mass is 333 g/mol. The molecule has 0 N–H and O–H groups in total. The molecule has 0 saturated heterocycles. The predicted octanol–water partition coefficient (Wildman–Crippen LogP) is 2.08. The molecule has 0 saturated carbocycles. The number of pyridine rings is 1. The Bertz CT molecular complexity index is 885. The Kier molecular flexibility index (Phi) is 4.29. The molecule has 0 unspecified atom stereocenters. The molecule has 3 heterocycles. The molecule has 0 radical (unpaired) electrons. The lowest BCUT2D eigenvalue weighted by Crippen LogP contribution is -2.20. The molecule has 23 heavy (non-hydrogen) atoms. The molecule has 3 aromatic rings. The Hall–Kier alpha value is -2.41. The van der Waals surface area contributed by atoms with Gasteiger partial charge in [-0.1, -0.05) is 24.6 Å². The molecule has 0 aliphatic rings. The molecular formula is C15H16ClN5O2. The van der Waals surface area contributed by atoms with E-state index in [-0.39, 0.29) is 11.6 Å². The quantitative estimate of drug-likeness (QED) is 0.668. The summed E-state index contributed by atoms with van der Waals surface area (Å²) >= 11 is 5.81. The van der Waals surface area contributed by atoms with Crippen LogP contribution < -0.4 is 10.3 Å². The molecule has 3 aromatic heterocycles. The van der Waals surface area contributed by atoms with E-state index in [1.54, 1.807) is 12.3 Å². The number of ether oxygens (including phenoxy) is 1. The van der Waals surface area contributed by atoms with Gasteiger partial charge in [-0.05, 0) is 25.0 Å². The van der Waals surface area contributed by atoms with Crippen LogP contribution in [0, 0.1) is 6.92 Å². The zero-order chi connectivity index (χ0) is 16.4. The molecule has 0 aromatic carbocycles. The first-order chi connectivity index (χ1) is 11.1. The molecule has 0 atom stereocenters. The number of fused-ring (bicyclic) bond motifs is 1. The minimum absolute atomic E-state index is 0.206. The van der Waals surface area contributed by atoms with Crippen LogP contribution in [0.5, 0.6) is 6.01 Å². The van der Waals surface area contributed by atoms with Crippen molar-refractivity contribution in [1.82, 2.24) is 24.1 Å². The van der Waals surface area contributed by atoms with Crippen molar-refractivity contribution < 1.29 is 4.74 Å². The highest BCUT2D eigenvalue weighted by Crippen LogP contribution is 2.12. The van der Waals surface area contributed by atoms with Gasteiger partial charge in [-0.2, -0.15) is 9.50 Å². The van der Waals surface area contributed by atoms with Gasteiger partial charge in [0, 0.05) is 18.0 Å². The summed E-state index contributed by atoms with van der Waals surface area (Å²) in [5.74, 6) is 0.441. The summed E-state index contributed by atoms with van der Waals surface area (Å²) < 4.78 is 8.57. The van der Waals surface area contributed by atoms with E-state index >= 15 is 0 Å². The molecule has 0 fully saturated rings. The fourth-order valence-electron chi connectivity index (χ4n) is 2.22. The highest BCUT2D eigenvalue weighted by atomic mass is 35.5. The average Bonchev–Trinajstić information content (AvgIpc) is 2.96. The SMILES string of the molecule is CCCOc1nc2n(Cc3ccc(Cl)nc3)c(C)cc(=O)n2n1. The van der Waals surface area contributed by atoms with Crippen LogP contribution in [0.1, 0.15) is 24.6 Å². The molecule has 120 valence electrons. The first-order valence-electron chi connectivity index (χ1n) is 7.29. The van der Waals surface area contributed by atoms with Crippen molar-refractivity contribution in [3.63, 3.8) is 0 Å².